The molecule has 1 rings (SSSR count). The van der Waals surface area contributed by atoms with Gasteiger partial charge in [0.25, 0.3) is 0 Å². The number of hydrogen-bond donors (Lipinski definition) is 2. The van der Waals surface area contributed by atoms with Gasteiger partial charge in [0.15, 0.2) is 17.5 Å². The van der Waals surface area contributed by atoms with Gasteiger partial charge in [-0.3, -0.25) is 10.1 Å². The standard InChI is InChI=1S/C14H19F3N2O2/c1-3-19(4-2)6-5-18-13(14(20)21)9-7-10(15)12(17)11(16)8-9/h7-8,13,18H,3-6H2,1-2H3,(H,20,21). The molecule has 118 valence electrons. The van der Waals surface area contributed by atoms with Crippen LogP contribution in [0.3, 0.4) is 0 Å². The van der Waals surface area contributed by atoms with E-state index in [1.807, 2.05) is 13.8 Å². The molecule has 2 N–H and O–H groups in total. The van der Waals surface area contributed by atoms with Crippen molar-refractivity contribution in [1.82, 2.24) is 10.2 Å². The van der Waals surface area contributed by atoms with Gasteiger partial charge in [0.05, 0.1) is 0 Å². The van der Waals surface area contributed by atoms with Gasteiger partial charge in [-0.05, 0) is 30.8 Å². The van der Waals surface area contributed by atoms with Crippen molar-refractivity contribution in [2.24, 2.45) is 0 Å². The minimum absolute atomic E-state index is 0.154. The second-order valence-electron chi connectivity index (χ2n) is 4.55. The van der Waals surface area contributed by atoms with Gasteiger partial charge in [0, 0.05) is 13.1 Å². The molecule has 1 aromatic rings. The van der Waals surface area contributed by atoms with E-state index < -0.39 is 29.5 Å². The molecule has 21 heavy (non-hydrogen) atoms. The van der Waals surface area contributed by atoms with E-state index in [-0.39, 0.29) is 5.56 Å². The Morgan fingerprint density at radius 1 is 1.24 bits per heavy atom. The maximum atomic E-state index is 13.2. The van der Waals surface area contributed by atoms with Gasteiger partial charge in [0.1, 0.15) is 6.04 Å². The van der Waals surface area contributed by atoms with E-state index in [1.54, 1.807) is 0 Å². The summed E-state index contributed by atoms with van der Waals surface area (Å²) in [7, 11) is 0. The van der Waals surface area contributed by atoms with Gasteiger partial charge in [0.2, 0.25) is 0 Å². The van der Waals surface area contributed by atoms with Crippen molar-refractivity contribution >= 4 is 5.97 Å². The fraction of sp³-hybridized carbons (Fsp3) is 0.500. The lowest BCUT2D eigenvalue weighted by Gasteiger charge is -2.20. The number of hydrogen-bond acceptors (Lipinski definition) is 3. The molecule has 1 aromatic carbocycles. The molecule has 1 unspecified atom stereocenters. The third-order valence-corrected chi connectivity index (χ3v) is 3.26. The van der Waals surface area contributed by atoms with E-state index in [0.717, 1.165) is 13.1 Å². The molecule has 0 aliphatic heterocycles. The molecule has 0 heterocycles. The van der Waals surface area contributed by atoms with Crippen LogP contribution >= 0.6 is 0 Å². The molecule has 1 atom stereocenters. The number of aliphatic carboxylic acids is 1. The molecule has 4 nitrogen and oxygen atoms in total. The molecule has 0 radical (unpaired) electrons. The first-order chi connectivity index (χ1) is 9.90. The van der Waals surface area contributed by atoms with Crippen LogP contribution in [-0.2, 0) is 4.79 Å². The Morgan fingerprint density at radius 2 is 1.76 bits per heavy atom. The largest absolute Gasteiger partial charge is 0.480 e. The quantitative estimate of drug-likeness (QED) is 0.723. The normalized spacial score (nSPS) is 12.7. The minimum atomic E-state index is -1.61. The van der Waals surface area contributed by atoms with E-state index in [0.29, 0.717) is 25.2 Å². The van der Waals surface area contributed by atoms with Gasteiger partial charge in [-0.25, -0.2) is 13.2 Å². The summed E-state index contributed by atoms with van der Waals surface area (Å²) in [5, 5.41) is 11.9. The number of likely N-dealkylation sites (N-methyl/N-ethyl adjacent to an activating group) is 1. The highest BCUT2D eigenvalue weighted by Gasteiger charge is 2.22. The zero-order chi connectivity index (χ0) is 16.0. The Morgan fingerprint density at radius 3 is 2.19 bits per heavy atom. The number of carbonyl (C=O) groups is 1. The van der Waals surface area contributed by atoms with E-state index in [2.05, 4.69) is 10.2 Å². The lowest BCUT2D eigenvalue weighted by molar-refractivity contribution is -0.139. The third kappa shape index (κ3) is 4.71. The Balaban J connectivity index is 2.81. The molecule has 0 spiro atoms. The first-order valence-corrected chi connectivity index (χ1v) is 6.73. The average Bonchev–Trinajstić information content (AvgIpc) is 2.44. The average molecular weight is 304 g/mol. The zero-order valence-electron chi connectivity index (χ0n) is 12.0. The Labute approximate surface area is 121 Å². The first-order valence-electron chi connectivity index (χ1n) is 6.73. The monoisotopic (exact) mass is 304 g/mol. The molecule has 0 amide bonds. The number of carboxylic acids is 1. The van der Waals surface area contributed by atoms with Crippen LogP contribution in [0, 0.1) is 17.5 Å². The topological polar surface area (TPSA) is 52.6 Å². The van der Waals surface area contributed by atoms with Gasteiger partial charge in [-0.15, -0.1) is 0 Å². The molecule has 0 fully saturated rings. The molecular weight excluding hydrogens is 285 g/mol. The summed E-state index contributed by atoms with van der Waals surface area (Å²) >= 11 is 0. The smallest absolute Gasteiger partial charge is 0.325 e. The van der Waals surface area contributed by atoms with Gasteiger partial charge < -0.3 is 10.0 Å². The maximum absolute atomic E-state index is 13.2. The number of halogens is 3. The molecule has 0 saturated heterocycles. The Bertz CT molecular complexity index is 470. The molecule has 0 saturated carbocycles. The SMILES string of the molecule is CCN(CC)CCNC(C(=O)O)c1cc(F)c(F)c(F)c1. The van der Waals surface area contributed by atoms with Crippen molar-refractivity contribution in [3.8, 4) is 0 Å². The van der Waals surface area contributed by atoms with Crippen molar-refractivity contribution in [2.45, 2.75) is 19.9 Å². The first kappa shape index (κ1) is 17.5. The number of carboxylic acid groups (broad SMARTS) is 1. The highest BCUT2D eigenvalue weighted by atomic mass is 19.2. The summed E-state index contributed by atoms with van der Waals surface area (Å²) in [6.45, 7) is 6.51. The summed E-state index contributed by atoms with van der Waals surface area (Å²) in [4.78, 5) is 13.3. The summed E-state index contributed by atoms with van der Waals surface area (Å²) in [6, 6.07) is 0.105. The summed E-state index contributed by atoms with van der Waals surface area (Å²) in [5.41, 5.74) is -0.154. The molecular formula is C14H19F3N2O2. The second kappa shape index (κ2) is 7.99. The van der Waals surface area contributed by atoms with E-state index >= 15 is 0 Å². The fourth-order valence-corrected chi connectivity index (χ4v) is 2.00. The van der Waals surface area contributed by atoms with Gasteiger partial charge in [-0.2, -0.15) is 0 Å². The molecule has 0 aliphatic rings. The van der Waals surface area contributed by atoms with E-state index in [1.165, 1.54) is 0 Å². The van der Waals surface area contributed by atoms with Crippen molar-refractivity contribution < 1.29 is 23.1 Å². The van der Waals surface area contributed by atoms with Crippen LogP contribution < -0.4 is 5.32 Å². The van der Waals surface area contributed by atoms with Crippen molar-refractivity contribution in [1.29, 1.82) is 0 Å². The summed E-state index contributed by atoms with van der Waals surface area (Å²) in [5.74, 6) is -5.69. The van der Waals surface area contributed by atoms with E-state index in [4.69, 9.17) is 5.11 Å². The zero-order valence-corrected chi connectivity index (χ0v) is 12.0. The second-order valence-corrected chi connectivity index (χ2v) is 4.55. The summed E-state index contributed by atoms with van der Waals surface area (Å²) < 4.78 is 39.3. The third-order valence-electron chi connectivity index (χ3n) is 3.26. The van der Waals surface area contributed by atoms with Crippen LogP contribution in [0.4, 0.5) is 13.2 Å². The Hall–Kier alpha value is -1.60. The predicted octanol–water partition coefficient (Wildman–Crippen LogP) is 2.16. The fourth-order valence-electron chi connectivity index (χ4n) is 2.00. The van der Waals surface area contributed by atoms with Crippen LogP contribution in [0.2, 0.25) is 0 Å². The number of benzene rings is 1. The number of nitrogens with one attached hydrogen (secondary N) is 1. The predicted molar refractivity (Wildman–Crippen MR) is 72.5 cm³/mol. The minimum Gasteiger partial charge on any atom is -0.480 e. The van der Waals surface area contributed by atoms with Crippen molar-refractivity contribution in [3.63, 3.8) is 0 Å². The number of nitrogens with zero attached hydrogens (tertiary/aromatic N) is 1. The molecule has 0 aliphatic carbocycles. The van der Waals surface area contributed by atoms with Crippen LogP contribution in [0.25, 0.3) is 0 Å². The van der Waals surface area contributed by atoms with Crippen molar-refractivity contribution in [3.05, 3.63) is 35.1 Å². The van der Waals surface area contributed by atoms with Crippen LogP contribution in [0.5, 0.6) is 0 Å². The highest BCUT2D eigenvalue weighted by Crippen LogP contribution is 2.19. The van der Waals surface area contributed by atoms with Crippen molar-refractivity contribution in [2.75, 3.05) is 26.2 Å². The summed E-state index contributed by atoms with van der Waals surface area (Å²) in [6.07, 6.45) is 0. The lowest BCUT2D eigenvalue weighted by atomic mass is 10.1. The Kier molecular flexibility index (Phi) is 6.64. The molecule has 7 heteroatoms. The van der Waals surface area contributed by atoms with Crippen LogP contribution in [0.1, 0.15) is 25.5 Å². The lowest BCUT2D eigenvalue weighted by Crippen LogP contribution is -2.36. The maximum Gasteiger partial charge on any atom is 0.325 e. The molecule has 0 bridgehead atoms. The number of rotatable bonds is 8. The van der Waals surface area contributed by atoms with Gasteiger partial charge in [-0.1, -0.05) is 13.8 Å². The van der Waals surface area contributed by atoms with Gasteiger partial charge >= 0.3 is 5.97 Å². The van der Waals surface area contributed by atoms with Crippen LogP contribution in [0.15, 0.2) is 12.1 Å². The molecule has 0 aromatic heterocycles. The van der Waals surface area contributed by atoms with Crippen LogP contribution in [-0.4, -0.2) is 42.2 Å². The highest BCUT2D eigenvalue weighted by molar-refractivity contribution is 5.75. The van der Waals surface area contributed by atoms with E-state index in [9.17, 15) is 18.0 Å².